The van der Waals surface area contributed by atoms with Gasteiger partial charge in [-0.25, -0.2) is 0 Å². The number of benzene rings is 8. The van der Waals surface area contributed by atoms with Crippen LogP contribution in [0.3, 0.4) is 0 Å². The van der Waals surface area contributed by atoms with Gasteiger partial charge >= 0.3 is 0 Å². The quantitative estimate of drug-likeness (QED) is 0.145. The van der Waals surface area contributed by atoms with Crippen LogP contribution < -0.4 is 0 Å². The number of hydrogen-bond donors (Lipinski definition) is 0. The van der Waals surface area contributed by atoms with Crippen molar-refractivity contribution in [2.24, 2.45) is 0 Å². The maximum atomic E-state index is 2.60. The Bertz CT molecular complexity index is 3820. The molecule has 0 aliphatic rings. The lowest BCUT2D eigenvalue weighted by Gasteiger charge is -2.13. The SMILES string of the molecule is c1ccc2c(c1)c1cccc3c4c5c6ccccc6n6c7cc8c(c9cccc%10c%11ccccc%11n8c%109)c8c9ccccc9n(c(cc4n2c13)c56)c87. The number of aromatic nitrogens is 4. The molecule has 8 aromatic carbocycles. The van der Waals surface area contributed by atoms with E-state index in [1.165, 1.54) is 131 Å². The second-order valence-electron chi connectivity index (χ2n) is 14.8. The van der Waals surface area contributed by atoms with E-state index in [4.69, 9.17) is 0 Å². The molecule has 0 spiro atoms. The van der Waals surface area contributed by atoms with Gasteiger partial charge in [-0.2, -0.15) is 0 Å². The molecule has 0 amide bonds. The third-order valence-electron chi connectivity index (χ3n) is 12.7. The molecule has 0 unspecified atom stereocenters. The van der Waals surface area contributed by atoms with Gasteiger partial charge in [0.15, 0.2) is 0 Å². The molecule has 0 aliphatic heterocycles. The minimum Gasteiger partial charge on any atom is -0.308 e. The van der Waals surface area contributed by atoms with Crippen LogP contribution in [0.2, 0.25) is 0 Å². The molecule has 0 atom stereocenters. The molecular weight excluding hydrogens is 633 g/mol. The average molecular weight is 657 g/mol. The largest absolute Gasteiger partial charge is 0.308 e. The Hall–Kier alpha value is -7.04. The van der Waals surface area contributed by atoms with Crippen molar-refractivity contribution in [3.8, 4) is 0 Å². The molecule has 7 aromatic heterocycles. The number of fused-ring (bicyclic) bond motifs is 22. The van der Waals surface area contributed by atoms with Crippen LogP contribution in [0.1, 0.15) is 0 Å². The number of para-hydroxylation sites is 6. The monoisotopic (exact) mass is 656 g/mol. The standard InChI is InChI=1S/C48H24N4/c1-5-19-33-25(11-1)27-15-9-17-31-41-37(49(33)45(27)31)23-39-47-43(41)29-13-3-7-21-35(29)52(47)40-24-38-42(44-30-14-4-8-22-36(30)51(39)48(40)44)32-18-10-16-28-26-12-2-6-20-34(26)50(38)46(28)32/h1-24H. The predicted octanol–water partition coefficient (Wildman–Crippen LogP) is 12.5. The summed E-state index contributed by atoms with van der Waals surface area (Å²) in [6.45, 7) is 0. The Kier molecular flexibility index (Phi) is 3.83. The number of nitrogens with zero attached hydrogens (tertiary/aromatic N) is 4. The van der Waals surface area contributed by atoms with Crippen molar-refractivity contribution in [2.45, 2.75) is 0 Å². The van der Waals surface area contributed by atoms with Gasteiger partial charge in [-0.05, 0) is 36.4 Å². The van der Waals surface area contributed by atoms with Gasteiger partial charge in [0.1, 0.15) is 0 Å². The Morgan fingerprint density at radius 2 is 0.538 bits per heavy atom. The summed E-state index contributed by atoms with van der Waals surface area (Å²) >= 11 is 0. The molecule has 0 saturated heterocycles. The molecule has 15 aromatic rings. The fourth-order valence-corrected chi connectivity index (χ4v) is 10.9. The van der Waals surface area contributed by atoms with Gasteiger partial charge in [0.2, 0.25) is 0 Å². The van der Waals surface area contributed by atoms with Crippen LogP contribution in [0.15, 0.2) is 146 Å². The summed E-state index contributed by atoms with van der Waals surface area (Å²) in [7, 11) is 0. The van der Waals surface area contributed by atoms with Crippen molar-refractivity contribution in [3.63, 3.8) is 0 Å². The highest BCUT2D eigenvalue weighted by atomic mass is 15.0. The summed E-state index contributed by atoms with van der Waals surface area (Å²) < 4.78 is 10.3. The Balaban J connectivity index is 1.33. The van der Waals surface area contributed by atoms with E-state index in [1.54, 1.807) is 0 Å². The van der Waals surface area contributed by atoms with Crippen LogP contribution >= 0.6 is 0 Å². The molecule has 0 fully saturated rings. The van der Waals surface area contributed by atoms with Crippen LogP contribution in [0, 0.1) is 0 Å². The van der Waals surface area contributed by atoms with Crippen LogP contribution in [-0.2, 0) is 0 Å². The first-order valence-corrected chi connectivity index (χ1v) is 18.1. The maximum Gasteiger partial charge on any atom is 0.0791 e. The maximum absolute atomic E-state index is 2.60. The zero-order valence-electron chi connectivity index (χ0n) is 27.6. The van der Waals surface area contributed by atoms with Crippen molar-refractivity contribution in [1.29, 1.82) is 0 Å². The summed E-state index contributed by atoms with van der Waals surface area (Å²) in [5.74, 6) is 0. The van der Waals surface area contributed by atoms with Crippen molar-refractivity contribution < 1.29 is 0 Å². The smallest absolute Gasteiger partial charge is 0.0791 e. The molecule has 7 heterocycles. The van der Waals surface area contributed by atoms with E-state index in [2.05, 4.69) is 163 Å². The molecule has 0 aliphatic carbocycles. The normalized spacial score (nSPS) is 13.4. The third-order valence-corrected chi connectivity index (χ3v) is 12.7. The fourth-order valence-electron chi connectivity index (χ4n) is 10.9. The number of rotatable bonds is 0. The van der Waals surface area contributed by atoms with Crippen LogP contribution in [0.4, 0.5) is 0 Å². The fraction of sp³-hybridized carbons (Fsp3) is 0. The first-order chi connectivity index (χ1) is 25.9. The summed E-state index contributed by atoms with van der Waals surface area (Å²) in [5, 5.41) is 15.8. The van der Waals surface area contributed by atoms with E-state index in [-0.39, 0.29) is 0 Å². The van der Waals surface area contributed by atoms with Crippen LogP contribution in [0.5, 0.6) is 0 Å². The van der Waals surface area contributed by atoms with Gasteiger partial charge in [0, 0.05) is 64.6 Å². The first-order valence-electron chi connectivity index (χ1n) is 18.1. The van der Waals surface area contributed by atoms with E-state index < -0.39 is 0 Å². The van der Waals surface area contributed by atoms with Crippen LogP contribution in [0.25, 0.3) is 131 Å². The second kappa shape index (κ2) is 7.96. The summed E-state index contributed by atoms with van der Waals surface area (Å²) in [6.07, 6.45) is 0. The molecule has 0 N–H and O–H groups in total. The molecule has 15 rings (SSSR count). The lowest BCUT2D eigenvalue weighted by Crippen LogP contribution is -1.98. The van der Waals surface area contributed by atoms with Crippen molar-refractivity contribution in [1.82, 2.24) is 17.6 Å². The third kappa shape index (κ3) is 2.42. The Morgan fingerprint density at radius 1 is 0.212 bits per heavy atom. The Labute approximate surface area is 293 Å². The first kappa shape index (κ1) is 25.0. The second-order valence-corrected chi connectivity index (χ2v) is 14.8. The van der Waals surface area contributed by atoms with Gasteiger partial charge in [-0.15, -0.1) is 0 Å². The highest BCUT2D eigenvalue weighted by Gasteiger charge is 2.29. The molecule has 52 heavy (non-hydrogen) atoms. The zero-order chi connectivity index (χ0) is 33.1. The van der Waals surface area contributed by atoms with Gasteiger partial charge in [0.25, 0.3) is 0 Å². The predicted molar refractivity (Wildman–Crippen MR) is 219 cm³/mol. The topological polar surface area (TPSA) is 17.6 Å². The van der Waals surface area contributed by atoms with E-state index in [0.29, 0.717) is 0 Å². The van der Waals surface area contributed by atoms with Crippen LogP contribution in [-0.4, -0.2) is 17.6 Å². The van der Waals surface area contributed by atoms with Crippen molar-refractivity contribution >= 4 is 131 Å². The molecule has 236 valence electrons. The molecule has 0 bridgehead atoms. The van der Waals surface area contributed by atoms with Gasteiger partial charge < -0.3 is 17.6 Å². The zero-order valence-corrected chi connectivity index (χ0v) is 27.6. The van der Waals surface area contributed by atoms with Crippen molar-refractivity contribution in [3.05, 3.63) is 146 Å². The lowest BCUT2D eigenvalue weighted by molar-refractivity contribution is 1.26. The lowest BCUT2D eigenvalue weighted by atomic mass is 10.0. The number of hydrogen-bond acceptors (Lipinski definition) is 0. The summed E-state index contributed by atoms with van der Waals surface area (Å²) in [5.41, 5.74) is 15.2. The summed E-state index contributed by atoms with van der Waals surface area (Å²) in [6, 6.07) is 54.7. The average Bonchev–Trinajstić information content (AvgIpc) is 4.02. The minimum atomic E-state index is 1.24. The highest BCUT2D eigenvalue weighted by molar-refractivity contribution is 6.39. The molecular formula is C48H24N4. The van der Waals surface area contributed by atoms with Gasteiger partial charge in [0.05, 0.1) is 66.2 Å². The molecule has 4 heteroatoms. The molecule has 0 saturated carbocycles. The molecule has 0 radical (unpaired) electrons. The van der Waals surface area contributed by atoms with E-state index in [9.17, 15) is 0 Å². The van der Waals surface area contributed by atoms with Gasteiger partial charge in [-0.1, -0.05) is 109 Å². The highest BCUT2D eigenvalue weighted by Crippen LogP contribution is 2.51. The van der Waals surface area contributed by atoms with E-state index in [1.807, 2.05) is 0 Å². The van der Waals surface area contributed by atoms with E-state index in [0.717, 1.165) is 0 Å². The van der Waals surface area contributed by atoms with Crippen molar-refractivity contribution in [2.75, 3.05) is 0 Å². The van der Waals surface area contributed by atoms with Gasteiger partial charge in [-0.3, -0.25) is 0 Å². The minimum absolute atomic E-state index is 1.24. The Morgan fingerprint density at radius 3 is 0.981 bits per heavy atom. The summed E-state index contributed by atoms with van der Waals surface area (Å²) in [4.78, 5) is 0. The molecule has 4 nitrogen and oxygen atoms in total. The van der Waals surface area contributed by atoms with E-state index >= 15 is 0 Å².